The zero-order chi connectivity index (χ0) is 18.7. The third kappa shape index (κ3) is 3.56. The molecule has 0 unspecified atom stereocenters. The summed E-state index contributed by atoms with van der Waals surface area (Å²) in [4.78, 5) is 22.3. The van der Waals surface area contributed by atoms with E-state index in [2.05, 4.69) is 0 Å². The smallest absolute Gasteiger partial charge is 0.270 e. The van der Waals surface area contributed by atoms with Gasteiger partial charge in [0.25, 0.3) is 5.69 Å². The highest BCUT2D eigenvalue weighted by molar-refractivity contribution is 6.07. The van der Waals surface area contributed by atoms with Crippen LogP contribution in [0.4, 0.5) is 14.5 Å². The van der Waals surface area contributed by atoms with Crippen LogP contribution in [-0.2, 0) is 0 Å². The molecule has 26 heavy (non-hydrogen) atoms. The van der Waals surface area contributed by atoms with Crippen molar-refractivity contribution in [1.29, 1.82) is 0 Å². The van der Waals surface area contributed by atoms with Crippen molar-refractivity contribution in [3.05, 3.63) is 93.7 Å². The summed E-state index contributed by atoms with van der Waals surface area (Å²) >= 11 is 0. The highest BCUT2D eigenvalue weighted by Crippen LogP contribution is 2.26. The van der Waals surface area contributed by atoms with E-state index in [4.69, 9.17) is 4.42 Å². The molecule has 0 bridgehead atoms. The number of carbonyl (C=O) groups excluding carboxylic acids is 1. The van der Waals surface area contributed by atoms with Crippen LogP contribution in [0.2, 0.25) is 0 Å². The summed E-state index contributed by atoms with van der Waals surface area (Å²) in [6, 6.07) is 12.1. The van der Waals surface area contributed by atoms with Gasteiger partial charge in [0.2, 0.25) is 0 Å². The highest BCUT2D eigenvalue weighted by Gasteiger charge is 2.15. The fourth-order valence-electron chi connectivity index (χ4n) is 2.34. The second-order valence-corrected chi connectivity index (χ2v) is 5.30. The van der Waals surface area contributed by atoms with E-state index in [1.807, 2.05) is 0 Å². The number of rotatable bonds is 5. The van der Waals surface area contributed by atoms with Gasteiger partial charge in [-0.2, -0.15) is 0 Å². The highest BCUT2D eigenvalue weighted by atomic mass is 19.1. The van der Waals surface area contributed by atoms with Gasteiger partial charge in [0.15, 0.2) is 5.78 Å². The van der Waals surface area contributed by atoms with Crippen LogP contribution in [0.3, 0.4) is 0 Å². The number of allylic oxidation sites excluding steroid dienone is 1. The first-order valence-corrected chi connectivity index (χ1v) is 7.47. The number of halogens is 2. The maximum Gasteiger partial charge on any atom is 0.270 e. The van der Waals surface area contributed by atoms with E-state index in [0.717, 1.165) is 18.2 Å². The second-order valence-electron chi connectivity index (χ2n) is 5.30. The van der Waals surface area contributed by atoms with E-state index in [-0.39, 0.29) is 11.4 Å². The Morgan fingerprint density at radius 3 is 2.42 bits per heavy atom. The Hall–Kier alpha value is -3.61. The number of furan rings is 1. The predicted molar refractivity (Wildman–Crippen MR) is 90.5 cm³/mol. The summed E-state index contributed by atoms with van der Waals surface area (Å²) in [7, 11) is 0. The van der Waals surface area contributed by atoms with Crippen molar-refractivity contribution >= 4 is 17.5 Å². The third-order valence-corrected chi connectivity index (χ3v) is 3.58. The summed E-state index contributed by atoms with van der Waals surface area (Å²) in [5.74, 6) is -2.11. The van der Waals surface area contributed by atoms with Gasteiger partial charge in [-0.3, -0.25) is 14.9 Å². The van der Waals surface area contributed by atoms with Crippen molar-refractivity contribution in [2.75, 3.05) is 0 Å². The first-order chi connectivity index (χ1) is 12.5. The molecule has 0 spiro atoms. The van der Waals surface area contributed by atoms with Crippen LogP contribution in [0.5, 0.6) is 0 Å². The number of nitro benzene ring substituents is 1. The molecule has 2 aromatic carbocycles. The molecule has 0 amide bonds. The van der Waals surface area contributed by atoms with Gasteiger partial charge >= 0.3 is 0 Å². The molecule has 0 saturated heterocycles. The molecule has 0 saturated carbocycles. The van der Waals surface area contributed by atoms with Crippen LogP contribution < -0.4 is 0 Å². The predicted octanol–water partition coefficient (Wildman–Crippen LogP) is 5.03. The normalized spacial score (nSPS) is 11.0. The zero-order valence-electron chi connectivity index (χ0n) is 13.2. The molecule has 3 aromatic rings. The van der Waals surface area contributed by atoms with Gasteiger partial charge in [0.05, 0.1) is 10.5 Å². The molecule has 3 rings (SSSR count). The van der Waals surface area contributed by atoms with Gasteiger partial charge in [-0.05, 0) is 36.4 Å². The molecule has 0 aliphatic heterocycles. The van der Waals surface area contributed by atoms with E-state index in [9.17, 15) is 23.7 Å². The third-order valence-electron chi connectivity index (χ3n) is 3.58. The lowest BCUT2D eigenvalue weighted by molar-refractivity contribution is -0.384. The Kier molecular flexibility index (Phi) is 4.70. The lowest BCUT2D eigenvalue weighted by Crippen LogP contribution is -2.02. The summed E-state index contributed by atoms with van der Waals surface area (Å²) in [6.45, 7) is 0. The number of ketones is 1. The maximum atomic E-state index is 13.6. The summed E-state index contributed by atoms with van der Waals surface area (Å²) < 4.78 is 32.7. The van der Waals surface area contributed by atoms with E-state index in [1.165, 1.54) is 36.4 Å². The first-order valence-electron chi connectivity index (χ1n) is 7.47. The molecule has 0 aliphatic rings. The summed E-state index contributed by atoms with van der Waals surface area (Å²) in [5, 5.41) is 10.8. The maximum absolute atomic E-state index is 13.6. The molecule has 0 aliphatic carbocycles. The molecule has 0 N–H and O–H groups in total. The van der Waals surface area contributed by atoms with Gasteiger partial charge < -0.3 is 4.42 Å². The van der Waals surface area contributed by atoms with Crippen LogP contribution >= 0.6 is 0 Å². The van der Waals surface area contributed by atoms with Crippen LogP contribution in [0, 0.1) is 21.7 Å². The minimum Gasteiger partial charge on any atom is -0.457 e. The van der Waals surface area contributed by atoms with Gasteiger partial charge in [-0.25, -0.2) is 8.78 Å². The minimum absolute atomic E-state index is 0.0822. The Balaban J connectivity index is 1.82. The fourth-order valence-corrected chi connectivity index (χ4v) is 2.34. The SMILES string of the molecule is O=C(/C=C/c1ccc(-c2cccc([N+](=O)[O-])c2)o1)c1c(F)cccc1F. The largest absolute Gasteiger partial charge is 0.457 e. The van der Waals surface area contributed by atoms with Gasteiger partial charge in [-0.15, -0.1) is 0 Å². The minimum atomic E-state index is -0.948. The molecule has 0 radical (unpaired) electrons. The number of benzene rings is 2. The molecular weight excluding hydrogens is 344 g/mol. The molecule has 5 nitrogen and oxygen atoms in total. The lowest BCUT2D eigenvalue weighted by atomic mass is 10.1. The van der Waals surface area contributed by atoms with Crippen molar-refractivity contribution in [2.45, 2.75) is 0 Å². The molecular formula is C19H11F2NO4. The van der Waals surface area contributed by atoms with E-state index in [0.29, 0.717) is 11.3 Å². The Bertz CT molecular complexity index is 1000. The van der Waals surface area contributed by atoms with Crippen LogP contribution in [0.25, 0.3) is 17.4 Å². The van der Waals surface area contributed by atoms with Gasteiger partial charge in [0.1, 0.15) is 23.2 Å². The Labute approximate surface area is 146 Å². The van der Waals surface area contributed by atoms with E-state index in [1.54, 1.807) is 12.1 Å². The summed E-state index contributed by atoms with van der Waals surface area (Å²) in [6.07, 6.45) is 2.27. The molecule has 1 heterocycles. The number of nitrogens with zero attached hydrogens (tertiary/aromatic N) is 1. The average molecular weight is 355 g/mol. The second kappa shape index (κ2) is 7.10. The Morgan fingerprint density at radius 1 is 1.04 bits per heavy atom. The van der Waals surface area contributed by atoms with Crippen molar-refractivity contribution in [2.24, 2.45) is 0 Å². The number of hydrogen-bond acceptors (Lipinski definition) is 4. The van der Waals surface area contributed by atoms with Crippen LogP contribution in [-0.4, -0.2) is 10.7 Å². The van der Waals surface area contributed by atoms with Gasteiger partial charge in [0, 0.05) is 17.7 Å². The molecule has 0 fully saturated rings. The molecule has 0 atom stereocenters. The molecule has 1 aromatic heterocycles. The number of nitro groups is 1. The fraction of sp³-hybridized carbons (Fsp3) is 0. The zero-order valence-corrected chi connectivity index (χ0v) is 13.2. The van der Waals surface area contributed by atoms with Crippen molar-refractivity contribution in [3.8, 4) is 11.3 Å². The first kappa shape index (κ1) is 17.2. The van der Waals surface area contributed by atoms with Crippen LogP contribution in [0.1, 0.15) is 16.1 Å². The average Bonchev–Trinajstić information content (AvgIpc) is 3.09. The van der Waals surface area contributed by atoms with Crippen LogP contribution in [0.15, 0.2) is 65.1 Å². The quantitative estimate of drug-likeness (QED) is 0.278. The van der Waals surface area contributed by atoms with Crippen molar-refractivity contribution in [1.82, 2.24) is 0 Å². The Morgan fingerprint density at radius 2 is 1.73 bits per heavy atom. The van der Waals surface area contributed by atoms with Crippen molar-refractivity contribution in [3.63, 3.8) is 0 Å². The standard InChI is InChI=1S/C19H11F2NO4/c20-15-5-2-6-16(21)19(15)17(23)9-7-14-8-10-18(26-14)12-3-1-4-13(11-12)22(24)25/h1-11H/b9-7+. The van der Waals surface area contributed by atoms with Crippen molar-refractivity contribution < 1.29 is 22.9 Å². The molecule has 7 heteroatoms. The monoisotopic (exact) mass is 355 g/mol. The summed E-state index contributed by atoms with van der Waals surface area (Å²) in [5.41, 5.74) is -0.235. The topological polar surface area (TPSA) is 73.3 Å². The lowest BCUT2D eigenvalue weighted by Gasteiger charge is -1.99. The van der Waals surface area contributed by atoms with E-state index >= 15 is 0 Å². The number of hydrogen-bond donors (Lipinski definition) is 0. The molecule has 130 valence electrons. The van der Waals surface area contributed by atoms with Gasteiger partial charge in [-0.1, -0.05) is 18.2 Å². The van der Waals surface area contributed by atoms with E-state index < -0.39 is 27.9 Å². The number of non-ortho nitro benzene ring substituents is 1. The number of carbonyl (C=O) groups is 1.